The van der Waals surface area contributed by atoms with Gasteiger partial charge in [-0.25, -0.2) is 9.37 Å². The number of carbonyl (C=O) groups excluding carboxylic acids is 2. The zero-order chi connectivity index (χ0) is 21.3. The van der Waals surface area contributed by atoms with E-state index in [1.54, 1.807) is 45.9 Å². The molecule has 0 atom stereocenters. The Morgan fingerprint density at radius 1 is 1.13 bits per heavy atom. The van der Waals surface area contributed by atoms with Crippen molar-refractivity contribution >= 4 is 11.8 Å². The molecule has 30 heavy (non-hydrogen) atoms. The van der Waals surface area contributed by atoms with Crippen molar-refractivity contribution in [3.63, 3.8) is 0 Å². The maximum absolute atomic E-state index is 13.8. The van der Waals surface area contributed by atoms with E-state index in [0.717, 1.165) is 0 Å². The van der Waals surface area contributed by atoms with E-state index in [1.165, 1.54) is 18.2 Å². The van der Waals surface area contributed by atoms with Gasteiger partial charge >= 0.3 is 0 Å². The lowest BCUT2D eigenvalue weighted by Crippen LogP contribution is -2.38. The number of para-hydroxylation sites is 1. The third-order valence-electron chi connectivity index (χ3n) is 4.88. The molecule has 2 aromatic carbocycles. The molecule has 1 aliphatic heterocycles. The topological polar surface area (TPSA) is 90.4 Å². The molecular formula is C22H19FN4O3. The minimum Gasteiger partial charge on any atom is -0.454 e. The van der Waals surface area contributed by atoms with Gasteiger partial charge in [-0.3, -0.25) is 9.59 Å². The second-order valence-electron chi connectivity index (χ2n) is 6.76. The predicted octanol–water partition coefficient (Wildman–Crippen LogP) is 3.11. The number of amides is 2. The van der Waals surface area contributed by atoms with Gasteiger partial charge in [-0.2, -0.15) is 0 Å². The van der Waals surface area contributed by atoms with E-state index >= 15 is 0 Å². The second kappa shape index (κ2) is 7.82. The summed E-state index contributed by atoms with van der Waals surface area (Å²) in [5.74, 6) is -0.117. The molecule has 0 radical (unpaired) electrons. The summed E-state index contributed by atoms with van der Waals surface area (Å²) in [5, 5.41) is 0. The molecular weight excluding hydrogens is 387 g/mol. The average molecular weight is 406 g/mol. The fourth-order valence-electron chi connectivity index (χ4n) is 3.43. The molecule has 0 spiro atoms. The first-order chi connectivity index (χ1) is 14.5. The van der Waals surface area contributed by atoms with E-state index in [4.69, 9.17) is 10.5 Å². The van der Waals surface area contributed by atoms with Crippen LogP contribution in [-0.4, -0.2) is 32.8 Å². The first-order valence-corrected chi connectivity index (χ1v) is 9.31. The maximum Gasteiger partial charge on any atom is 0.267 e. The van der Waals surface area contributed by atoms with Gasteiger partial charge in [0.2, 0.25) is 5.91 Å². The maximum atomic E-state index is 13.8. The Morgan fingerprint density at radius 3 is 2.53 bits per heavy atom. The Morgan fingerprint density at radius 2 is 1.87 bits per heavy atom. The summed E-state index contributed by atoms with van der Waals surface area (Å²) in [4.78, 5) is 30.2. The SMILES string of the molecule is C=CC(=O)N1CCn2c(nc(-c3ccc(Oc4ccccc4F)cc3)c2C(N)=O)C1. The Kier molecular flexibility index (Phi) is 5.05. The number of benzene rings is 2. The minimum absolute atomic E-state index is 0.118. The lowest BCUT2D eigenvalue weighted by molar-refractivity contribution is -0.127. The fourth-order valence-corrected chi connectivity index (χ4v) is 3.43. The Bertz CT molecular complexity index is 1140. The van der Waals surface area contributed by atoms with Crippen LogP contribution in [0.5, 0.6) is 11.5 Å². The van der Waals surface area contributed by atoms with Crippen molar-refractivity contribution in [2.75, 3.05) is 6.54 Å². The van der Waals surface area contributed by atoms with Crippen LogP contribution in [0, 0.1) is 5.82 Å². The van der Waals surface area contributed by atoms with Gasteiger partial charge in [-0.1, -0.05) is 18.7 Å². The highest BCUT2D eigenvalue weighted by Crippen LogP contribution is 2.30. The molecule has 0 fully saturated rings. The first-order valence-electron chi connectivity index (χ1n) is 9.31. The molecule has 7 nitrogen and oxygen atoms in total. The lowest BCUT2D eigenvalue weighted by Gasteiger charge is -2.27. The number of hydrogen-bond acceptors (Lipinski definition) is 4. The number of carbonyl (C=O) groups is 2. The number of nitrogens with two attached hydrogens (primary N) is 1. The summed E-state index contributed by atoms with van der Waals surface area (Å²) in [5.41, 5.74) is 7.01. The Balaban J connectivity index is 1.65. The van der Waals surface area contributed by atoms with Crippen molar-refractivity contribution in [1.82, 2.24) is 14.5 Å². The van der Waals surface area contributed by atoms with E-state index in [0.29, 0.717) is 41.6 Å². The van der Waals surface area contributed by atoms with E-state index in [9.17, 15) is 14.0 Å². The first kappa shape index (κ1) is 19.4. The molecule has 0 unspecified atom stereocenters. The Labute approximate surface area is 172 Å². The second-order valence-corrected chi connectivity index (χ2v) is 6.76. The zero-order valence-corrected chi connectivity index (χ0v) is 16.0. The molecule has 152 valence electrons. The summed E-state index contributed by atoms with van der Waals surface area (Å²) >= 11 is 0. The van der Waals surface area contributed by atoms with Crippen molar-refractivity contribution in [2.45, 2.75) is 13.1 Å². The van der Waals surface area contributed by atoms with Gasteiger partial charge in [-0.05, 0) is 42.5 Å². The van der Waals surface area contributed by atoms with Crippen molar-refractivity contribution in [2.24, 2.45) is 5.73 Å². The number of ether oxygens (including phenoxy) is 1. The van der Waals surface area contributed by atoms with Gasteiger partial charge in [0, 0.05) is 18.7 Å². The lowest BCUT2D eigenvalue weighted by atomic mass is 10.1. The van der Waals surface area contributed by atoms with Crippen molar-refractivity contribution < 1.29 is 18.7 Å². The molecule has 2 N–H and O–H groups in total. The van der Waals surface area contributed by atoms with Gasteiger partial charge < -0.3 is 19.9 Å². The molecule has 0 saturated carbocycles. The summed E-state index contributed by atoms with van der Waals surface area (Å²) in [6.07, 6.45) is 1.25. The van der Waals surface area contributed by atoms with Crippen LogP contribution in [0.25, 0.3) is 11.3 Å². The standard InChI is InChI=1S/C22H19FN4O3/c1-2-19(28)26-11-12-27-18(13-26)25-20(21(27)22(24)29)14-7-9-15(10-8-14)30-17-6-4-3-5-16(17)23/h2-10H,1,11-13H2,(H2,24,29). The van der Waals surface area contributed by atoms with Crippen molar-refractivity contribution in [3.8, 4) is 22.8 Å². The molecule has 2 amide bonds. The molecule has 0 saturated heterocycles. The van der Waals surface area contributed by atoms with Crippen LogP contribution in [0.15, 0.2) is 61.2 Å². The van der Waals surface area contributed by atoms with Crippen LogP contribution in [0.2, 0.25) is 0 Å². The molecule has 2 heterocycles. The smallest absolute Gasteiger partial charge is 0.267 e. The molecule has 1 aliphatic rings. The normalized spacial score (nSPS) is 12.9. The molecule has 0 aliphatic carbocycles. The highest BCUT2D eigenvalue weighted by Gasteiger charge is 2.28. The third-order valence-corrected chi connectivity index (χ3v) is 4.88. The summed E-state index contributed by atoms with van der Waals surface area (Å²) in [6, 6.07) is 12.9. The van der Waals surface area contributed by atoms with Crippen LogP contribution in [-0.2, 0) is 17.9 Å². The van der Waals surface area contributed by atoms with Crippen LogP contribution < -0.4 is 10.5 Å². The van der Waals surface area contributed by atoms with Gasteiger partial charge in [0.15, 0.2) is 11.6 Å². The number of rotatable bonds is 5. The van der Waals surface area contributed by atoms with E-state index in [-0.39, 0.29) is 18.2 Å². The number of hydrogen-bond donors (Lipinski definition) is 1. The predicted molar refractivity (Wildman–Crippen MR) is 108 cm³/mol. The van der Waals surface area contributed by atoms with E-state index in [2.05, 4.69) is 11.6 Å². The Hall–Kier alpha value is -3.94. The molecule has 3 aromatic rings. The van der Waals surface area contributed by atoms with Gasteiger partial charge in [-0.15, -0.1) is 0 Å². The average Bonchev–Trinajstić information content (AvgIpc) is 3.14. The third kappa shape index (κ3) is 3.55. The highest BCUT2D eigenvalue weighted by molar-refractivity contribution is 5.97. The molecule has 8 heteroatoms. The van der Waals surface area contributed by atoms with E-state index < -0.39 is 11.7 Å². The zero-order valence-electron chi connectivity index (χ0n) is 16.0. The van der Waals surface area contributed by atoms with E-state index in [1.807, 2.05) is 0 Å². The molecule has 1 aromatic heterocycles. The molecule has 4 rings (SSSR count). The number of nitrogens with zero attached hydrogens (tertiary/aromatic N) is 3. The van der Waals surface area contributed by atoms with Crippen LogP contribution in [0.4, 0.5) is 4.39 Å². The summed E-state index contributed by atoms with van der Waals surface area (Å²) in [7, 11) is 0. The number of halogens is 1. The van der Waals surface area contributed by atoms with Crippen LogP contribution in [0.3, 0.4) is 0 Å². The van der Waals surface area contributed by atoms with Gasteiger partial charge in [0.05, 0.1) is 6.54 Å². The van der Waals surface area contributed by atoms with Gasteiger partial charge in [0.1, 0.15) is 23.0 Å². The number of fused-ring (bicyclic) bond motifs is 1. The highest BCUT2D eigenvalue weighted by atomic mass is 19.1. The monoisotopic (exact) mass is 406 g/mol. The largest absolute Gasteiger partial charge is 0.454 e. The quantitative estimate of drug-likeness (QED) is 0.659. The van der Waals surface area contributed by atoms with Crippen molar-refractivity contribution in [1.29, 1.82) is 0 Å². The van der Waals surface area contributed by atoms with Crippen molar-refractivity contribution in [3.05, 3.63) is 78.5 Å². The van der Waals surface area contributed by atoms with Crippen LogP contribution in [0.1, 0.15) is 16.3 Å². The number of imidazole rings is 1. The van der Waals surface area contributed by atoms with Gasteiger partial charge in [0.25, 0.3) is 5.91 Å². The fraction of sp³-hybridized carbons (Fsp3) is 0.136. The molecule has 0 bridgehead atoms. The number of aromatic nitrogens is 2. The summed E-state index contributed by atoms with van der Waals surface area (Å²) in [6.45, 7) is 4.61. The van der Waals surface area contributed by atoms with Crippen LogP contribution >= 0.6 is 0 Å². The minimum atomic E-state index is -0.598. The number of primary amides is 1. The summed E-state index contributed by atoms with van der Waals surface area (Å²) < 4.78 is 21.1.